The number of benzene rings is 3. The first-order chi connectivity index (χ1) is 15.9. The van der Waals surface area contributed by atoms with Crippen LogP contribution < -0.4 is 20.9 Å². The standard InChI is InChI=1S/C26H27N3O4/c1-18(2)24(30)27-22-13-11-20(12-14-22)25(31)28-29-26(32)21-9-6-10-23(17-21)33-16-15-19-7-4-3-5-8-19/h3-14,17-18H,15-16H2,1-2H3,(H,27,30)(H,28,31)(H,29,32). The molecule has 0 spiro atoms. The minimum absolute atomic E-state index is 0.106. The normalized spacial score (nSPS) is 10.4. The summed E-state index contributed by atoms with van der Waals surface area (Å²) in [5.41, 5.74) is 7.27. The van der Waals surface area contributed by atoms with E-state index in [1.165, 1.54) is 5.56 Å². The van der Waals surface area contributed by atoms with E-state index in [1.54, 1.807) is 62.4 Å². The molecule has 0 aliphatic carbocycles. The van der Waals surface area contributed by atoms with Crippen molar-refractivity contribution in [1.82, 2.24) is 10.9 Å². The highest BCUT2D eigenvalue weighted by molar-refractivity contribution is 5.99. The van der Waals surface area contributed by atoms with Crippen molar-refractivity contribution in [2.45, 2.75) is 20.3 Å². The largest absolute Gasteiger partial charge is 0.493 e. The number of anilines is 1. The average molecular weight is 446 g/mol. The Kier molecular flexibility index (Phi) is 8.18. The predicted octanol–water partition coefficient (Wildman–Crippen LogP) is 3.98. The summed E-state index contributed by atoms with van der Waals surface area (Å²) in [5, 5.41) is 2.76. The van der Waals surface area contributed by atoms with E-state index >= 15 is 0 Å². The summed E-state index contributed by atoms with van der Waals surface area (Å²) in [4.78, 5) is 36.5. The smallest absolute Gasteiger partial charge is 0.269 e. The molecule has 3 aromatic rings. The van der Waals surface area contributed by atoms with E-state index in [0.717, 1.165) is 6.42 Å². The molecule has 0 unspecified atom stereocenters. The minimum atomic E-state index is -0.472. The van der Waals surface area contributed by atoms with Gasteiger partial charge in [-0.05, 0) is 48.0 Å². The fraction of sp³-hybridized carbons (Fsp3) is 0.192. The fourth-order valence-corrected chi connectivity index (χ4v) is 2.91. The van der Waals surface area contributed by atoms with Gasteiger partial charge in [0.05, 0.1) is 6.61 Å². The van der Waals surface area contributed by atoms with Crippen LogP contribution in [0.2, 0.25) is 0 Å². The summed E-state index contributed by atoms with van der Waals surface area (Å²) >= 11 is 0. The lowest BCUT2D eigenvalue weighted by Gasteiger charge is -2.11. The molecule has 0 atom stereocenters. The summed E-state index contributed by atoms with van der Waals surface area (Å²) in [5.74, 6) is -0.608. The van der Waals surface area contributed by atoms with Crippen LogP contribution in [-0.4, -0.2) is 24.3 Å². The Bertz CT molecular complexity index is 1100. The molecule has 0 aliphatic rings. The zero-order chi connectivity index (χ0) is 23.6. The van der Waals surface area contributed by atoms with Gasteiger partial charge in [0.25, 0.3) is 11.8 Å². The van der Waals surface area contributed by atoms with Gasteiger partial charge in [-0.1, -0.05) is 50.2 Å². The number of carbonyl (C=O) groups is 3. The van der Waals surface area contributed by atoms with Crippen molar-refractivity contribution in [3.05, 3.63) is 95.6 Å². The molecule has 0 fully saturated rings. The SMILES string of the molecule is CC(C)C(=O)Nc1ccc(C(=O)NNC(=O)c2cccc(OCCc3ccccc3)c2)cc1. The molecular weight excluding hydrogens is 418 g/mol. The maximum absolute atomic E-state index is 12.4. The van der Waals surface area contributed by atoms with Gasteiger partial charge < -0.3 is 10.1 Å². The average Bonchev–Trinajstić information content (AvgIpc) is 2.83. The molecule has 3 amide bonds. The van der Waals surface area contributed by atoms with E-state index in [4.69, 9.17) is 4.74 Å². The van der Waals surface area contributed by atoms with Gasteiger partial charge in [0.1, 0.15) is 5.75 Å². The first-order valence-corrected chi connectivity index (χ1v) is 10.7. The Morgan fingerprint density at radius 2 is 1.45 bits per heavy atom. The lowest BCUT2D eigenvalue weighted by molar-refractivity contribution is -0.118. The van der Waals surface area contributed by atoms with E-state index in [-0.39, 0.29) is 11.8 Å². The first-order valence-electron chi connectivity index (χ1n) is 10.7. The third-order valence-electron chi connectivity index (χ3n) is 4.83. The number of hydrogen-bond acceptors (Lipinski definition) is 4. The van der Waals surface area contributed by atoms with E-state index in [9.17, 15) is 14.4 Å². The third kappa shape index (κ3) is 7.21. The van der Waals surface area contributed by atoms with E-state index in [2.05, 4.69) is 16.2 Å². The van der Waals surface area contributed by atoms with Gasteiger partial charge in [-0.3, -0.25) is 25.2 Å². The van der Waals surface area contributed by atoms with Crippen LogP contribution in [0, 0.1) is 5.92 Å². The van der Waals surface area contributed by atoms with Crippen molar-refractivity contribution in [1.29, 1.82) is 0 Å². The number of hydrazine groups is 1. The number of rotatable bonds is 8. The van der Waals surface area contributed by atoms with Crippen LogP contribution in [0.3, 0.4) is 0 Å². The van der Waals surface area contributed by atoms with Crippen LogP contribution in [0.15, 0.2) is 78.9 Å². The summed E-state index contributed by atoms with van der Waals surface area (Å²) in [6, 6.07) is 23.2. The summed E-state index contributed by atoms with van der Waals surface area (Å²) in [7, 11) is 0. The lowest BCUT2D eigenvalue weighted by atomic mass is 10.1. The van der Waals surface area contributed by atoms with Crippen molar-refractivity contribution in [3.63, 3.8) is 0 Å². The van der Waals surface area contributed by atoms with Gasteiger partial charge in [0.15, 0.2) is 0 Å². The maximum Gasteiger partial charge on any atom is 0.269 e. The van der Waals surface area contributed by atoms with E-state index in [1.807, 2.05) is 30.3 Å². The van der Waals surface area contributed by atoms with Crippen molar-refractivity contribution in [2.75, 3.05) is 11.9 Å². The third-order valence-corrected chi connectivity index (χ3v) is 4.83. The summed E-state index contributed by atoms with van der Waals surface area (Å²) < 4.78 is 5.75. The predicted molar refractivity (Wildman–Crippen MR) is 127 cm³/mol. The van der Waals surface area contributed by atoms with Gasteiger partial charge in [0.2, 0.25) is 5.91 Å². The molecule has 0 heterocycles. The molecule has 3 N–H and O–H groups in total. The van der Waals surface area contributed by atoms with E-state index in [0.29, 0.717) is 29.2 Å². The Labute approximate surface area is 193 Å². The number of carbonyl (C=O) groups excluding carboxylic acids is 3. The zero-order valence-corrected chi connectivity index (χ0v) is 18.6. The molecular formula is C26H27N3O4. The van der Waals surface area contributed by atoms with Gasteiger partial charge in [-0.25, -0.2) is 0 Å². The fourth-order valence-electron chi connectivity index (χ4n) is 2.91. The van der Waals surface area contributed by atoms with Crippen LogP contribution in [0.25, 0.3) is 0 Å². The highest BCUT2D eigenvalue weighted by Gasteiger charge is 2.11. The van der Waals surface area contributed by atoms with Gasteiger partial charge >= 0.3 is 0 Å². The van der Waals surface area contributed by atoms with Gasteiger partial charge in [0, 0.05) is 29.2 Å². The molecule has 7 nitrogen and oxygen atoms in total. The van der Waals surface area contributed by atoms with Crippen LogP contribution in [0.4, 0.5) is 5.69 Å². The monoisotopic (exact) mass is 445 g/mol. The first kappa shape index (κ1) is 23.5. The molecule has 3 aromatic carbocycles. The lowest BCUT2D eigenvalue weighted by Crippen LogP contribution is -2.41. The number of amides is 3. The molecule has 7 heteroatoms. The summed E-state index contributed by atoms with van der Waals surface area (Å²) in [6.07, 6.45) is 0.757. The zero-order valence-electron chi connectivity index (χ0n) is 18.6. The van der Waals surface area contributed by atoms with Crippen LogP contribution in [0.5, 0.6) is 5.75 Å². The highest BCUT2D eigenvalue weighted by Crippen LogP contribution is 2.14. The second-order valence-electron chi connectivity index (χ2n) is 7.74. The second kappa shape index (κ2) is 11.5. The molecule has 0 aromatic heterocycles. The highest BCUT2D eigenvalue weighted by atomic mass is 16.5. The number of nitrogens with one attached hydrogen (secondary N) is 3. The quantitative estimate of drug-likeness (QED) is 0.457. The molecule has 0 radical (unpaired) electrons. The van der Waals surface area contributed by atoms with Gasteiger partial charge in [-0.15, -0.1) is 0 Å². The number of ether oxygens (including phenoxy) is 1. The van der Waals surface area contributed by atoms with Crippen molar-refractivity contribution in [3.8, 4) is 5.75 Å². The Balaban J connectivity index is 1.49. The Morgan fingerprint density at radius 1 is 0.788 bits per heavy atom. The topological polar surface area (TPSA) is 96.5 Å². The van der Waals surface area contributed by atoms with Gasteiger partial charge in [-0.2, -0.15) is 0 Å². The van der Waals surface area contributed by atoms with Crippen LogP contribution in [0.1, 0.15) is 40.1 Å². The van der Waals surface area contributed by atoms with E-state index < -0.39 is 11.8 Å². The second-order valence-corrected chi connectivity index (χ2v) is 7.74. The van der Waals surface area contributed by atoms with Crippen LogP contribution in [-0.2, 0) is 11.2 Å². The molecule has 0 saturated carbocycles. The number of hydrogen-bond donors (Lipinski definition) is 3. The molecule has 0 aliphatic heterocycles. The van der Waals surface area contributed by atoms with Crippen molar-refractivity contribution >= 4 is 23.4 Å². The molecule has 0 saturated heterocycles. The molecule has 33 heavy (non-hydrogen) atoms. The van der Waals surface area contributed by atoms with Crippen molar-refractivity contribution in [2.24, 2.45) is 5.92 Å². The van der Waals surface area contributed by atoms with Crippen molar-refractivity contribution < 1.29 is 19.1 Å². The summed E-state index contributed by atoms with van der Waals surface area (Å²) in [6.45, 7) is 4.08. The minimum Gasteiger partial charge on any atom is -0.493 e. The molecule has 170 valence electrons. The molecule has 0 bridgehead atoms. The van der Waals surface area contributed by atoms with Crippen LogP contribution >= 0.6 is 0 Å². The molecule has 3 rings (SSSR count). The Morgan fingerprint density at radius 3 is 2.12 bits per heavy atom. The Hall–Kier alpha value is -4.13. The maximum atomic E-state index is 12.4.